The summed E-state index contributed by atoms with van der Waals surface area (Å²) in [6.07, 6.45) is 1.08. The van der Waals surface area contributed by atoms with Crippen LogP contribution >= 0.6 is 0 Å². The van der Waals surface area contributed by atoms with Crippen molar-refractivity contribution < 1.29 is 19.1 Å². The Bertz CT molecular complexity index is 829. The molecule has 0 aliphatic carbocycles. The lowest BCUT2D eigenvalue weighted by molar-refractivity contribution is -0.132. The maximum Gasteiger partial charge on any atom is 0.254 e. The van der Waals surface area contributed by atoms with Gasteiger partial charge in [0.15, 0.2) is 0 Å². The van der Waals surface area contributed by atoms with Gasteiger partial charge in [-0.05, 0) is 36.2 Å². The molecular formula is C22H26N2O4. The summed E-state index contributed by atoms with van der Waals surface area (Å²) in [7, 11) is 3.22. The summed E-state index contributed by atoms with van der Waals surface area (Å²) in [5, 5.41) is 0. The van der Waals surface area contributed by atoms with Gasteiger partial charge in [-0.3, -0.25) is 9.59 Å². The van der Waals surface area contributed by atoms with E-state index in [4.69, 9.17) is 9.47 Å². The highest BCUT2D eigenvalue weighted by atomic mass is 16.5. The molecule has 6 heteroatoms. The summed E-state index contributed by atoms with van der Waals surface area (Å²) in [4.78, 5) is 28.9. The van der Waals surface area contributed by atoms with E-state index >= 15 is 0 Å². The van der Waals surface area contributed by atoms with Crippen LogP contribution in [0.15, 0.2) is 48.5 Å². The van der Waals surface area contributed by atoms with Crippen LogP contribution in [0.1, 0.15) is 22.3 Å². The van der Waals surface area contributed by atoms with Gasteiger partial charge >= 0.3 is 0 Å². The summed E-state index contributed by atoms with van der Waals surface area (Å²) in [5.41, 5.74) is 1.64. The first-order chi connectivity index (χ1) is 13.6. The van der Waals surface area contributed by atoms with Gasteiger partial charge in [0.25, 0.3) is 5.91 Å². The fourth-order valence-corrected chi connectivity index (χ4v) is 3.41. The molecule has 148 valence electrons. The van der Waals surface area contributed by atoms with Gasteiger partial charge in [-0.2, -0.15) is 0 Å². The summed E-state index contributed by atoms with van der Waals surface area (Å²) in [6.45, 7) is 2.19. The maximum atomic E-state index is 12.7. The predicted octanol–water partition coefficient (Wildman–Crippen LogP) is 2.62. The summed E-state index contributed by atoms with van der Waals surface area (Å²) < 4.78 is 10.5. The number of benzene rings is 2. The largest absolute Gasteiger partial charge is 0.497 e. The first-order valence-corrected chi connectivity index (χ1v) is 9.45. The Balaban J connectivity index is 1.51. The van der Waals surface area contributed by atoms with Gasteiger partial charge < -0.3 is 19.3 Å². The van der Waals surface area contributed by atoms with Gasteiger partial charge in [0.1, 0.15) is 11.5 Å². The van der Waals surface area contributed by atoms with Crippen LogP contribution in [0.4, 0.5) is 0 Å². The normalized spacial score (nSPS) is 13.9. The third kappa shape index (κ3) is 4.63. The zero-order valence-electron chi connectivity index (χ0n) is 16.4. The maximum absolute atomic E-state index is 12.7. The number of carbonyl (C=O) groups excluding carboxylic acids is 2. The third-order valence-electron chi connectivity index (χ3n) is 5.04. The molecule has 0 saturated carbocycles. The Morgan fingerprint density at radius 2 is 1.61 bits per heavy atom. The Kier molecular flexibility index (Phi) is 6.53. The highest BCUT2D eigenvalue weighted by Gasteiger charge is 2.25. The van der Waals surface area contributed by atoms with Crippen molar-refractivity contribution in [1.29, 1.82) is 0 Å². The summed E-state index contributed by atoms with van der Waals surface area (Å²) >= 11 is 0. The number of piperazine rings is 1. The molecule has 2 aromatic rings. The summed E-state index contributed by atoms with van der Waals surface area (Å²) in [5.74, 6) is 1.56. The van der Waals surface area contributed by atoms with Crippen molar-refractivity contribution in [2.75, 3.05) is 40.4 Å². The molecule has 1 fully saturated rings. The fraction of sp³-hybridized carbons (Fsp3) is 0.364. The molecule has 0 bridgehead atoms. The lowest BCUT2D eigenvalue weighted by atomic mass is 10.1. The van der Waals surface area contributed by atoms with Gasteiger partial charge in [-0.15, -0.1) is 0 Å². The number of nitrogens with zero attached hydrogens (tertiary/aromatic N) is 2. The van der Waals surface area contributed by atoms with Gasteiger partial charge in [-0.25, -0.2) is 0 Å². The average Bonchev–Trinajstić information content (AvgIpc) is 2.77. The molecule has 0 radical (unpaired) electrons. The molecule has 1 saturated heterocycles. The van der Waals surface area contributed by atoms with E-state index in [-0.39, 0.29) is 11.8 Å². The Hall–Kier alpha value is -3.02. The van der Waals surface area contributed by atoms with Crippen molar-refractivity contribution in [3.63, 3.8) is 0 Å². The Labute approximate surface area is 165 Å². The van der Waals surface area contributed by atoms with Crippen LogP contribution in [-0.4, -0.2) is 62.0 Å². The van der Waals surface area contributed by atoms with Crippen LogP contribution in [0.5, 0.6) is 11.5 Å². The topological polar surface area (TPSA) is 59.1 Å². The van der Waals surface area contributed by atoms with Gasteiger partial charge in [-0.1, -0.05) is 24.3 Å². The van der Waals surface area contributed by atoms with Crippen LogP contribution in [0.25, 0.3) is 0 Å². The Morgan fingerprint density at radius 1 is 0.893 bits per heavy atom. The van der Waals surface area contributed by atoms with Gasteiger partial charge in [0.2, 0.25) is 5.91 Å². The zero-order chi connectivity index (χ0) is 19.9. The SMILES string of the molecule is COc1cccc(C(=O)N2CCN(C(=O)CCc3ccccc3OC)CC2)c1. The van der Waals surface area contributed by atoms with E-state index in [1.165, 1.54) is 0 Å². The molecule has 3 rings (SSSR count). The van der Waals surface area contributed by atoms with Crippen LogP contribution in [0.3, 0.4) is 0 Å². The molecular weight excluding hydrogens is 356 g/mol. The second-order valence-electron chi connectivity index (χ2n) is 6.72. The van der Waals surface area contributed by atoms with E-state index in [0.29, 0.717) is 50.3 Å². The monoisotopic (exact) mass is 382 g/mol. The molecule has 1 heterocycles. The van der Waals surface area contributed by atoms with E-state index in [2.05, 4.69) is 0 Å². The Morgan fingerprint density at radius 3 is 2.32 bits per heavy atom. The molecule has 0 aromatic heterocycles. The first-order valence-electron chi connectivity index (χ1n) is 9.45. The number of hydrogen-bond acceptors (Lipinski definition) is 4. The van der Waals surface area contributed by atoms with E-state index in [0.717, 1.165) is 11.3 Å². The number of para-hydroxylation sites is 1. The standard InChI is InChI=1S/C22H26N2O4/c1-27-19-8-5-7-18(16-19)22(26)24-14-12-23(13-15-24)21(25)11-10-17-6-3-4-9-20(17)28-2/h3-9,16H,10-15H2,1-2H3. The number of carbonyl (C=O) groups is 2. The number of aryl methyl sites for hydroxylation is 1. The van der Waals surface area contributed by atoms with Crippen molar-refractivity contribution in [3.8, 4) is 11.5 Å². The highest BCUT2D eigenvalue weighted by Crippen LogP contribution is 2.20. The average molecular weight is 382 g/mol. The number of methoxy groups -OCH3 is 2. The van der Waals surface area contributed by atoms with E-state index in [9.17, 15) is 9.59 Å². The van der Waals surface area contributed by atoms with Crippen LogP contribution in [-0.2, 0) is 11.2 Å². The lowest BCUT2D eigenvalue weighted by Gasteiger charge is -2.35. The minimum absolute atomic E-state index is 0.0278. The number of hydrogen-bond donors (Lipinski definition) is 0. The number of rotatable bonds is 6. The summed E-state index contributed by atoms with van der Waals surface area (Å²) in [6, 6.07) is 14.9. The predicted molar refractivity (Wildman–Crippen MR) is 107 cm³/mol. The minimum atomic E-state index is -0.0278. The molecule has 1 aliphatic rings. The molecule has 28 heavy (non-hydrogen) atoms. The van der Waals surface area contributed by atoms with Gasteiger partial charge in [0, 0.05) is 38.2 Å². The van der Waals surface area contributed by atoms with E-state index in [1.54, 1.807) is 31.3 Å². The molecule has 0 spiro atoms. The van der Waals surface area contributed by atoms with E-state index < -0.39 is 0 Å². The number of ether oxygens (including phenoxy) is 2. The number of amides is 2. The van der Waals surface area contributed by atoms with Crippen molar-refractivity contribution in [3.05, 3.63) is 59.7 Å². The molecule has 2 amide bonds. The van der Waals surface area contributed by atoms with Crippen molar-refractivity contribution in [2.45, 2.75) is 12.8 Å². The quantitative estimate of drug-likeness (QED) is 0.771. The zero-order valence-corrected chi connectivity index (χ0v) is 16.4. The molecule has 1 aliphatic heterocycles. The molecule has 2 aromatic carbocycles. The molecule has 0 N–H and O–H groups in total. The van der Waals surface area contributed by atoms with Gasteiger partial charge in [0.05, 0.1) is 14.2 Å². The van der Waals surface area contributed by atoms with Crippen LogP contribution < -0.4 is 9.47 Å². The second kappa shape index (κ2) is 9.26. The van der Waals surface area contributed by atoms with Crippen molar-refractivity contribution >= 4 is 11.8 Å². The second-order valence-corrected chi connectivity index (χ2v) is 6.72. The fourth-order valence-electron chi connectivity index (χ4n) is 3.41. The van der Waals surface area contributed by atoms with Crippen molar-refractivity contribution in [2.24, 2.45) is 0 Å². The van der Waals surface area contributed by atoms with Crippen molar-refractivity contribution in [1.82, 2.24) is 9.80 Å². The molecule has 0 unspecified atom stereocenters. The lowest BCUT2D eigenvalue weighted by Crippen LogP contribution is -2.50. The molecule has 0 atom stereocenters. The highest BCUT2D eigenvalue weighted by molar-refractivity contribution is 5.94. The van der Waals surface area contributed by atoms with Crippen LogP contribution in [0.2, 0.25) is 0 Å². The van der Waals surface area contributed by atoms with E-state index in [1.807, 2.05) is 41.3 Å². The first kappa shape index (κ1) is 19.7. The minimum Gasteiger partial charge on any atom is -0.497 e. The van der Waals surface area contributed by atoms with Crippen LogP contribution in [0, 0.1) is 0 Å². The third-order valence-corrected chi connectivity index (χ3v) is 5.04. The smallest absolute Gasteiger partial charge is 0.254 e. The molecule has 6 nitrogen and oxygen atoms in total.